The lowest BCUT2D eigenvalue weighted by molar-refractivity contribution is -0.136. The van der Waals surface area contributed by atoms with Gasteiger partial charge in [-0.25, -0.2) is 4.39 Å². The van der Waals surface area contributed by atoms with Gasteiger partial charge in [0, 0.05) is 37.7 Å². The van der Waals surface area contributed by atoms with Gasteiger partial charge in [-0.2, -0.15) is 0 Å². The quantitative estimate of drug-likeness (QED) is 0.521. The van der Waals surface area contributed by atoms with E-state index in [9.17, 15) is 14.3 Å². The summed E-state index contributed by atoms with van der Waals surface area (Å²) >= 11 is 1.69. The molecule has 0 radical (unpaired) electrons. The Bertz CT molecular complexity index is 862. The lowest BCUT2D eigenvalue weighted by Crippen LogP contribution is -2.48. The van der Waals surface area contributed by atoms with Crippen molar-refractivity contribution >= 4 is 17.2 Å². The molecule has 176 valence electrons. The van der Waals surface area contributed by atoms with Gasteiger partial charge in [-0.1, -0.05) is 19.4 Å². The molecule has 2 atom stereocenters. The van der Waals surface area contributed by atoms with E-state index in [0.717, 1.165) is 18.4 Å². The highest BCUT2D eigenvalue weighted by molar-refractivity contribution is 7.10. The summed E-state index contributed by atoms with van der Waals surface area (Å²) in [6.45, 7) is 4.61. The van der Waals surface area contributed by atoms with Crippen molar-refractivity contribution in [2.45, 2.75) is 38.3 Å². The molecule has 6 nitrogen and oxygen atoms in total. The number of fused-ring (bicyclic) bond motifs is 1. The number of hydrogen-bond donors (Lipinski definition) is 1. The first kappa shape index (κ1) is 24.6. The molecule has 2 heterocycles. The first-order valence-corrected chi connectivity index (χ1v) is 12.0. The molecular formula is C24H33FN2O4S. The van der Waals surface area contributed by atoms with Crippen molar-refractivity contribution in [2.75, 3.05) is 46.5 Å². The van der Waals surface area contributed by atoms with E-state index in [4.69, 9.17) is 9.47 Å². The number of carbonyl (C=O) groups excluding carboxylic acids is 1. The monoisotopic (exact) mass is 464 g/mol. The molecular weight excluding hydrogens is 431 g/mol. The lowest BCUT2D eigenvalue weighted by Gasteiger charge is -2.37. The van der Waals surface area contributed by atoms with Crippen molar-refractivity contribution in [3.63, 3.8) is 0 Å². The predicted octanol–water partition coefficient (Wildman–Crippen LogP) is 3.50. The van der Waals surface area contributed by atoms with Crippen molar-refractivity contribution in [3.05, 3.63) is 52.0 Å². The number of methoxy groups -OCH3 is 1. The van der Waals surface area contributed by atoms with E-state index in [1.54, 1.807) is 30.6 Å². The minimum Gasteiger partial charge on any atom is -0.491 e. The summed E-state index contributed by atoms with van der Waals surface area (Å²) < 4.78 is 24.6. The van der Waals surface area contributed by atoms with Crippen molar-refractivity contribution in [1.29, 1.82) is 0 Å². The third-order valence-corrected chi connectivity index (χ3v) is 6.68. The van der Waals surface area contributed by atoms with Gasteiger partial charge in [-0.3, -0.25) is 9.69 Å². The van der Waals surface area contributed by atoms with Crippen molar-refractivity contribution < 1.29 is 23.8 Å². The summed E-state index contributed by atoms with van der Waals surface area (Å²) in [4.78, 5) is 18.4. The van der Waals surface area contributed by atoms with Gasteiger partial charge in [0.1, 0.15) is 18.2 Å². The van der Waals surface area contributed by atoms with Gasteiger partial charge >= 0.3 is 0 Å². The van der Waals surface area contributed by atoms with E-state index >= 15 is 0 Å². The second-order valence-electron chi connectivity index (χ2n) is 8.09. The first-order chi connectivity index (χ1) is 15.5. The average Bonchev–Trinajstić information content (AvgIpc) is 3.25. The van der Waals surface area contributed by atoms with Gasteiger partial charge in [0.25, 0.3) is 0 Å². The summed E-state index contributed by atoms with van der Waals surface area (Å²) in [6.07, 6.45) is 1.93. The number of aliphatic hydroxyl groups is 1. The predicted molar refractivity (Wildman–Crippen MR) is 124 cm³/mol. The Morgan fingerprint density at radius 2 is 2.25 bits per heavy atom. The van der Waals surface area contributed by atoms with E-state index in [-0.39, 0.29) is 30.9 Å². The highest BCUT2D eigenvalue weighted by atomic mass is 32.1. The van der Waals surface area contributed by atoms with Crippen LogP contribution in [0.25, 0.3) is 0 Å². The van der Waals surface area contributed by atoms with Crippen LogP contribution in [-0.2, 0) is 16.0 Å². The van der Waals surface area contributed by atoms with Crippen LogP contribution >= 0.6 is 11.3 Å². The maximum atomic E-state index is 13.6. The van der Waals surface area contributed by atoms with E-state index in [1.165, 1.54) is 17.0 Å². The Labute approximate surface area is 193 Å². The van der Waals surface area contributed by atoms with Gasteiger partial charge in [-0.05, 0) is 42.0 Å². The number of hydrogen-bond acceptors (Lipinski definition) is 6. The highest BCUT2D eigenvalue weighted by Gasteiger charge is 2.33. The van der Waals surface area contributed by atoms with E-state index in [1.807, 2.05) is 28.2 Å². The fraction of sp³-hybridized carbons (Fsp3) is 0.542. The van der Waals surface area contributed by atoms with Crippen LogP contribution < -0.4 is 4.74 Å². The molecule has 1 amide bonds. The van der Waals surface area contributed by atoms with Gasteiger partial charge in [0.05, 0.1) is 25.3 Å². The molecule has 8 heteroatoms. The molecule has 0 fully saturated rings. The molecule has 32 heavy (non-hydrogen) atoms. The number of rotatable bonds is 12. The second-order valence-corrected chi connectivity index (χ2v) is 9.09. The average molecular weight is 465 g/mol. The Morgan fingerprint density at radius 3 is 3.00 bits per heavy atom. The number of nitrogens with zero attached hydrogens (tertiary/aromatic N) is 2. The van der Waals surface area contributed by atoms with Crippen molar-refractivity contribution in [2.24, 2.45) is 0 Å². The molecule has 0 bridgehead atoms. The number of aliphatic hydroxyl groups excluding tert-OH is 1. The Balaban J connectivity index is 1.71. The molecule has 0 saturated heterocycles. The number of ether oxygens (including phenoxy) is 2. The van der Waals surface area contributed by atoms with Crippen LogP contribution in [0.2, 0.25) is 0 Å². The van der Waals surface area contributed by atoms with Crippen LogP contribution in [0.3, 0.4) is 0 Å². The van der Waals surface area contributed by atoms with Crippen LogP contribution in [0.15, 0.2) is 35.7 Å². The maximum Gasteiger partial charge on any atom is 0.237 e. The summed E-state index contributed by atoms with van der Waals surface area (Å²) in [5.74, 6) is 0.0911. The molecule has 0 unspecified atom stereocenters. The van der Waals surface area contributed by atoms with Gasteiger partial charge in [0.15, 0.2) is 0 Å². The molecule has 1 aliphatic rings. The molecule has 1 N–H and O–H groups in total. The van der Waals surface area contributed by atoms with Gasteiger partial charge < -0.3 is 19.5 Å². The Hall–Kier alpha value is -2.00. The summed E-state index contributed by atoms with van der Waals surface area (Å²) in [6, 6.07) is 7.87. The van der Waals surface area contributed by atoms with E-state index in [0.29, 0.717) is 38.4 Å². The SMILES string of the molecule is CCC[C@@H](O)CN(CCOC)CC(=O)N1CCc2sccc2[C@H]1COc1cccc(F)c1. The van der Waals surface area contributed by atoms with Crippen molar-refractivity contribution in [1.82, 2.24) is 9.80 Å². The zero-order valence-corrected chi connectivity index (χ0v) is 19.7. The number of thiophene rings is 1. The molecule has 0 saturated carbocycles. The molecule has 3 rings (SSSR count). The Kier molecular flexibility index (Phi) is 9.47. The maximum absolute atomic E-state index is 13.6. The second kappa shape index (κ2) is 12.3. The first-order valence-electron chi connectivity index (χ1n) is 11.1. The van der Waals surface area contributed by atoms with Crippen molar-refractivity contribution in [3.8, 4) is 5.75 Å². The van der Waals surface area contributed by atoms with Crippen LogP contribution in [0.1, 0.15) is 36.2 Å². The normalized spacial score (nSPS) is 16.8. The zero-order chi connectivity index (χ0) is 22.9. The molecule has 0 spiro atoms. The largest absolute Gasteiger partial charge is 0.491 e. The molecule has 2 aromatic rings. The van der Waals surface area contributed by atoms with Crippen LogP contribution in [0.5, 0.6) is 5.75 Å². The van der Waals surface area contributed by atoms with E-state index in [2.05, 4.69) is 0 Å². The topological polar surface area (TPSA) is 62.2 Å². The summed E-state index contributed by atoms with van der Waals surface area (Å²) in [7, 11) is 1.63. The zero-order valence-electron chi connectivity index (χ0n) is 18.8. The van der Waals surface area contributed by atoms with Crippen LogP contribution in [-0.4, -0.2) is 73.4 Å². The third-order valence-electron chi connectivity index (χ3n) is 5.68. The van der Waals surface area contributed by atoms with Crippen LogP contribution in [0.4, 0.5) is 4.39 Å². The smallest absolute Gasteiger partial charge is 0.237 e. The van der Waals surface area contributed by atoms with E-state index < -0.39 is 6.10 Å². The molecule has 1 aromatic carbocycles. The lowest BCUT2D eigenvalue weighted by atomic mass is 10.0. The number of carbonyl (C=O) groups is 1. The fourth-order valence-corrected chi connectivity index (χ4v) is 4.99. The minimum absolute atomic E-state index is 0.00510. The van der Waals surface area contributed by atoms with Gasteiger partial charge in [-0.15, -0.1) is 11.3 Å². The van der Waals surface area contributed by atoms with Gasteiger partial charge in [0.2, 0.25) is 5.91 Å². The fourth-order valence-electron chi connectivity index (χ4n) is 4.07. The molecule has 0 aliphatic carbocycles. The summed E-state index contributed by atoms with van der Waals surface area (Å²) in [5.41, 5.74) is 1.10. The standard InChI is InChI=1S/C24H33FN2O4S/c1-3-5-19(28)15-26(11-12-30-2)16-24(29)27-10-8-23-21(9-13-32-23)22(27)17-31-20-7-4-6-18(25)14-20/h4,6-7,9,13-14,19,22,28H,3,5,8,10-12,15-17H2,1-2H3/t19-,22-/m1/s1. The molecule has 1 aliphatic heterocycles. The number of halogens is 1. The number of amides is 1. The van der Waals surface area contributed by atoms with Crippen LogP contribution in [0, 0.1) is 5.82 Å². The Morgan fingerprint density at radius 1 is 1.41 bits per heavy atom. The summed E-state index contributed by atoms with van der Waals surface area (Å²) in [5, 5.41) is 12.3. The minimum atomic E-state index is -0.471. The number of benzene rings is 1. The third kappa shape index (κ3) is 6.75. The highest BCUT2D eigenvalue weighted by Crippen LogP contribution is 2.34. The molecule has 1 aromatic heterocycles.